The van der Waals surface area contributed by atoms with Gasteiger partial charge in [-0.1, -0.05) is 30.3 Å². The molecule has 21 heavy (non-hydrogen) atoms. The molecular weight excluding hydrogens is 286 g/mol. The van der Waals surface area contributed by atoms with Gasteiger partial charge >= 0.3 is 0 Å². The summed E-state index contributed by atoms with van der Waals surface area (Å²) in [5, 5.41) is 12.9. The third-order valence-corrected chi connectivity index (χ3v) is 5.99. The average molecular weight is 313 g/mol. The maximum atomic E-state index is 11.7. The Bertz CT molecular complexity index is 524. The molecule has 0 fully saturated rings. The second kappa shape index (κ2) is 7.38. The maximum Gasteiger partial charge on any atom is 0.153 e. The fourth-order valence-corrected chi connectivity index (χ4v) is 2.52. The van der Waals surface area contributed by atoms with Gasteiger partial charge in [0.25, 0.3) is 0 Å². The normalized spacial score (nSPS) is 15.7. The predicted molar refractivity (Wildman–Crippen MR) is 87.3 cm³/mol. The van der Waals surface area contributed by atoms with Crippen LogP contribution < -0.4 is 5.32 Å². The fourth-order valence-electron chi connectivity index (χ4n) is 2.15. The Labute approximate surface area is 128 Å². The first-order valence-electron chi connectivity index (χ1n) is 7.27. The van der Waals surface area contributed by atoms with Gasteiger partial charge in [-0.15, -0.1) is 0 Å². The Kier molecular flexibility index (Phi) is 6.38. The monoisotopic (exact) mass is 313 g/mol. The number of rotatable bonds is 8. The highest BCUT2D eigenvalue weighted by Crippen LogP contribution is 2.21. The summed E-state index contributed by atoms with van der Waals surface area (Å²) in [6.07, 6.45) is 1.52. The summed E-state index contributed by atoms with van der Waals surface area (Å²) in [6, 6.07) is 9.99. The van der Waals surface area contributed by atoms with E-state index in [2.05, 4.69) is 5.32 Å². The maximum absolute atomic E-state index is 11.7. The molecule has 4 nitrogen and oxygen atoms in total. The second-order valence-electron chi connectivity index (χ2n) is 6.36. The van der Waals surface area contributed by atoms with Crippen molar-refractivity contribution < 1.29 is 13.5 Å². The minimum absolute atomic E-state index is 0.168. The van der Waals surface area contributed by atoms with E-state index >= 15 is 0 Å². The molecule has 0 aliphatic carbocycles. The summed E-state index contributed by atoms with van der Waals surface area (Å²) in [6.45, 7) is 6.27. The zero-order valence-corrected chi connectivity index (χ0v) is 14.2. The van der Waals surface area contributed by atoms with Gasteiger partial charge in [-0.2, -0.15) is 0 Å². The largest absolute Gasteiger partial charge is 0.393 e. The quantitative estimate of drug-likeness (QED) is 0.770. The summed E-state index contributed by atoms with van der Waals surface area (Å²) >= 11 is 0. The van der Waals surface area contributed by atoms with Gasteiger partial charge in [0.1, 0.15) is 0 Å². The van der Waals surface area contributed by atoms with Crippen LogP contribution >= 0.6 is 0 Å². The highest BCUT2D eigenvalue weighted by Gasteiger charge is 2.29. The summed E-state index contributed by atoms with van der Waals surface area (Å²) in [4.78, 5) is 0. The van der Waals surface area contributed by atoms with Gasteiger partial charge in [-0.25, -0.2) is 8.42 Å². The molecule has 0 bridgehead atoms. The first kappa shape index (κ1) is 18.1. The standard InChI is InChI=1S/C16H27NO3S/c1-13(18)10-15(14-8-6-5-7-9-14)11-17-12-16(2,3)21(4,19)20/h5-9,13,15,17-18H,10-12H2,1-4H3. The van der Waals surface area contributed by atoms with Gasteiger partial charge in [0.2, 0.25) is 0 Å². The fraction of sp³-hybridized carbons (Fsp3) is 0.625. The van der Waals surface area contributed by atoms with Crippen molar-refractivity contribution in [2.24, 2.45) is 0 Å². The Morgan fingerprint density at radius 1 is 1.24 bits per heavy atom. The first-order chi connectivity index (χ1) is 9.63. The van der Waals surface area contributed by atoms with Gasteiger partial charge in [0, 0.05) is 19.3 Å². The molecule has 2 atom stereocenters. The lowest BCUT2D eigenvalue weighted by molar-refractivity contribution is 0.173. The molecule has 0 aliphatic rings. The van der Waals surface area contributed by atoms with Crippen molar-refractivity contribution in [3.63, 3.8) is 0 Å². The molecule has 1 aromatic carbocycles. The number of hydrogen-bond donors (Lipinski definition) is 2. The number of nitrogens with one attached hydrogen (secondary N) is 1. The van der Waals surface area contributed by atoms with Gasteiger partial charge in [0.05, 0.1) is 10.9 Å². The second-order valence-corrected chi connectivity index (χ2v) is 9.00. The molecule has 2 unspecified atom stereocenters. The Balaban J connectivity index is 2.67. The Morgan fingerprint density at radius 3 is 2.29 bits per heavy atom. The van der Waals surface area contributed by atoms with Crippen LogP contribution in [0.5, 0.6) is 0 Å². The van der Waals surface area contributed by atoms with Crippen LogP contribution in [0.25, 0.3) is 0 Å². The van der Waals surface area contributed by atoms with Gasteiger partial charge in [0.15, 0.2) is 9.84 Å². The molecule has 5 heteroatoms. The summed E-state index contributed by atoms with van der Waals surface area (Å²) in [7, 11) is -3.10. The molecule has 120 valence electrons. The highest BCUT2D eigenvalue weighted by molar-refractivity contribution is 7.92. The number of benzene rings is 1. The van der Waals surface area contributed by atoms with Crippen LogP contribution in [0.15, 0.2) is 30.3 Å². The zero-order chi connectivity index (χ0) is 16.1. The van der Waals surface area contributed by atoms with Crippen molar-refractivity contribution in [2.45, 2.75) is 44.0 Å². The SMILES string of the molecule is CC(O)CC(CNCC(C)(C)S(C)(=O)=O)c1ccccc1. The minimum Gasteiger partial charge on any atom is -0.393 e. The van der Waals surface area contributed by atoms with E-state index in [4.69, 9.17) is 0 Å². The van der Waals surface area contributed by atoms with E-state index in [1.807, 2.05) is 30.3 Å². The number of aliphatic hydroxyl groups is 1. The summed E-state index contributed by atoms with van der Waals surface area (Å²) in [5.74, 6) is 0.168. The molecule has 1 rings (SSSR count). The van der Waals surface area contributed by atoms with E-state index in [1.165, 1.54) is 6.26 Å². The molecule has 1 aromatic rings. The first-order valence-corrected chi connectivity index (χ1v) is 9.16. The number of aliphatic hydroxyl groups excluding tert-OH is 1. The highest BCUT2D eigenvalue weighted by atomic mass is 32.2. The molecule has 0 spiro atoms. The number of sulfone groups is 1. The molecule has 0 radical (unpaired) electrons. The molecule has 0 saturated heterocycles. The third kappa shape index (κ3) is 5.77. The molecule has 0 heterocycles. The summed E-state index contributed by atoms with van der Waals surface area (Å²) in [5.41, 5.74) is 1.16. The van der Waals surface area contributed by atoms with Crippen molar-refractivity contribution in [3.05, 3.63) is 35.9 Å². The van der Waals surface area contributed by atoms with E-state index in [1.54, 1.807) is 20.8 Å². The van der Waals surface area contributed by atoms with Gasteiger partial charge < -0.3 is 10.4 Å². The van der Waals surface area contributed by atoms with E-state index in [-0.39, 0.29) is 12.0 Å². The van der Waals surface area contributed by atoms with Crippen LogP contribution in [0.2, 0.25) is 0 Å². The smallest absolute Gasteiger partial charge is 0.153 e. The van der Waals surface area contributed by atoms with Crippen molar-refractivity contribution in [1.82, 2.24) is 5.32 Å². The van der Waals surface area contributed by atoms with Crippen LogP contribution in [-0.4, -0.2) is 43.7 Å². The predicted octanol–water partition coefficient (Wildman–Crippen LogP) is 1.95. The number of hydrogen-bond acceptors (Lipinski definition) is 4. The Hall–Kier alpha value is -0.910. The third-order valence-electron chi connectivity index (χ3n) is 3.84. The lowest BCUT2D eigenvalue weighted by Gasteiger charge is -2.25. The average Bonchev–Trinajstić information content (AvgIpc) is 2.36. The van der Waals surface area contributed by atoms with E-state index in [0.717, 1.165) is 5.56 Å². The van der Waals surface area contributed by atoms with E-state index in [0.29, 0.717) is 19.5 Å². The molecular formula is C16H27NO3S. The van der Waals surface area contributed by atoms with Crippen molar-refractivity contribution in [2.75, 3.05) is 19.3 Å². The molecule has 2 N–H and O–H groups in total. The van der Waals surface area contributed by atoms with E-state index < -0.39 is 14.6 Å². The minimum atomic E-state index is -3.10. The van der Waals surface area contributed by atoms with Crippen LogP contribution in [0.4, 0.5) is 0 Å². The van der Waals surface area contributed by atoms with Crippen molar-refractivity contribution in [1.29, 1.82) is 0 Å². The van der Waals surface area contributed by atoms with Crippen LogP contribution in [0.1, 0.15) is 38.7 Å². The lowest BCUT2D eigenvalue weighted by Crippen LogP contribution is -2.43. The zero-order valence-electron chi connectivity index (χ0n) is 13.3. The van der Waals surface area contributed by atoms with Crippen molar-refractivity contribution >= 4 is 9.84 Å². The molecule has 0 aromatic heterocycles. The van der Waals surface area contributed by atoms with Gasteiger partial charge in [-0.05, 0) is 38.7 Å². The topological polar surface area (TPSA) is 66.4 Å². The molecule has 0 saturated carbocycles. The van der Waals surface area contributed by atoms with Crippen LogP contribution in [0.3, 0.4) is 0 Å². The lowest BCUT2D eigenvalue weighted by atomic mass is 9.93. The summed E-state index contributed by atoms with van der Waals surface area (Å²) < 4.78 is 22.6. The van der Waals surface area contributed by atoms with Crippen LogP contribution in [-0.2, 0) is 9.84 Å². The van der Waals surface area contributed by atoms with Crippen LogP contribution in [0, 0.1) is 0 Å². The van der Waals surface area contributed by atoms with Crippen molar-refractivity contribution in [3.8, 4) is 0 Å². The van der Waals surface area contributed by atoms with E-state index in [9.17, 15) is 13.5 Å². The molecule has 0 aliphatic heterocycles. The van der Waals surface area contributed by atoms with Gasteiger partial charge in [-0.3, -0.25) is 0 Å². The Morgan fingerprint density at radius 2 is 1.81 bits per heavy atom. The molecule has 0 amide bonds.